The summed E-state index contributed by atoms with van der Waals surface area (Å²) in [6.07, 6.45) is 5.40. The number of piperazine rings is 1. The third-order valence-corrected chi connectivity index (χ3v) is 9.53. The molecule has 3 fully saturated rings. The summed E-state index contributed by atoms with van der Waals surface area (Å²) in [5, 5.41) is 3.14. The van der Waals surface area contributed by atoms with Crippen LogP contribution in [0.3, 0.4) is 0 Å². The van der Waals surface area contributed by atoms with Crippen molar-refractivity contribution in [2.75, 3.05) is 37.5 Å². The lowest BCUT2D eigenvalue weighted by molar-refractivity contribution is -0.0149. The van der Waals surface area contributed by atoms with Gasteiger partial charge in [0.25, 0.3) is 0 Å². The monoisotopic (exact) mass is 562 g/mol. The highest BCUT2D eigenvalue weighted by molar-refractivity contribution is 7.98. The number of hydrogen-bond donors (Lipinski definition) is 1. The van der Waals surface area contributed by atoms with Gasteiger partial charge in [-0.05, 0) is 62.6 Å². The van der Waals surface area contributed by atoms with Gasteiger partial charge in [0.05, 0.1) is 16.7 Å². The van der Waals surface area contributed by atoms with Crippen LogP contribution >= 0.6 is 12.1 Å². The summed E-state index contributed by atoms with van der Waals surface area (Å²) in [4.78, 5) is 19.5. The van der Waals surface area contributed by atoms with Crippen LogP contribution in [0.1, 0.15) is 78.0 Å². The number of anilines is 1. The van der Waals surface area contributed by atoms with Crippen LogP contribution < -0.4 is 9.62 Å². The molecule has 1 N–H and O–H groups in total. The Balaban J connectivity index is 1.24. The molecule has 2 aromatic rings. The van der Waals surface area contributed by atoms with E-state index in [1.54, 1.807) is 12.1 Å². The van der Waals surface area contributed by atoms with Gasteiger partial charge in [-0.1, -0.05) is 20.8 Å². The Labute approximate surface area is 235 Å². The molecular formula is C29H44F2N6OS. The Morgan fingerprint density at radius 3 is 2.51 bits per heavy atom. The van der Waals surface area contributed by atoms with Gasteiger partial charge in [0.15, 0.2) is 0 Å². The smallest absolute Gasteiger partial charge is 0.317 e. The Kier molecular flexibility index (Phi) is 8.34. The Morgan fingerprint density at radius 2 is 1.85 bits per heavy atom. The molecule has 2 saturated carbocycles. The van der Waals surface area contributed by atoms with E-state index in [1.807, 2.05) is 4.90 Å². The summed E-state index contributed by atoms with van der Waals surface area (Å²) in [5.74, 6) is -1.27. The van der Waals surface area contributed by atoms with Crippen molar-refractivity contribution < 1.29 is 13.6 Å². The lowest BCUT2D eigenvalue weighted by Gasteiger charge is -2.37. The second kappa shape index (κ2) is 11.4. The van der Waals surface area contributed by atoms with Gasteiger partial charge in [0.2, 0.25) is 5.92 Å². The zero-order valence-electron chi connectivity index (χ0n) is 23.9. The maximum atomic E-state index is 14.0. The molecule has 0 bridgehead atoms. The van der Waals surface area contributed by atoms with Gasteiger partial charge in [-0.2, -0.15) is 0 Å². The molecule has 1 saturated heterocycles. The normalized spacial score (nSPS) is 22.9. The minimum absolute atomic E-state index is 0.0103. The van der Waals surface area contributed by atoms with Crippen molar-refractivity contribution in [3.8, 4) is 0 Å². The second-order valence-electron chi connectivity index (χ2n) is 12.7. The Morgan fingerprint density at radius 1 is 1.10 bits per heavy atom. The molecule has 2 amide bonds. The molecular weight excluding hydrogens is 518 g/mol. The van der Waals surface area contributed by atoms with Crippen molar-refractivity contribution in [3.05, 3.63) is 24.0 Å². The minimum Gasteiger partial charge on any atom is -0.335 e. The highest BCUT2D eigenvalue weighted by atomic mass is 32.2. The second-order valence-corrected chi connectivity index (χ2v) is 13.9. The van der Waals surface area contributed by atoms with Crippen molar-refractivity contribution in [2.24, 2.45) is 5.92 Å². The van der Waals surface area contributed by atoms with Gasteiger partial charge in [-0.15, -0.1) is 0 Å². The molecule has 1 aromatic carbocycles. The molecule has 5 rings (SSSR count). The van der Waals surface area contributed by atoms with Crippen molar-refractivity contribution in [1.82, 2.24) is 24.1 Å². The van der Waals surface area contributed by atoms with Gasteiger partial charge in [0.1, 0.15) is 5.82 Å². The van der Waals surface area contributed by atoms with E-state index in [0.29, 0.717) is 18.9 Å². The zero-order chi connectivity index (χ0) is 27.8. The van der Waals surface area contributed by atoms with Crippen LogP contribution in [0, 0.1) is 5.92 Å². The molecule has 1 atom stereocenters. The average molecular weight is 563 g/mol. The number of fused-ring (bicyclic) bond motifs is 1. The van der Waals surface area contributed by atoms with Crippen molar-refractivity contribution in [1.29, 1.82) is 0 Å². The SMILES string of the molecule is CN(SN1CCN(C(=O)NC2CCC2)CC1)c1ccc2c(c1)nc(C(C)(C)C)n2CC1CCCC(F)(F)CC1. The van der Waals surface area contributed by atoms with E-state index in [0.717, 1.165) is 74.5 Å². The van der Waals surface area contributed by atoms with E-state index in [1.165, 1.54) is 6.42 Å². The first kappa shape index (κ1) is 28.5. The fourth-order valence-corrected chi connectivity index (χ4v) is 6.74. The number of benzene rings is 1. The fraction of sp³-hybridized carbons (Fsp3) is 0.724. The number of nitrogens with one attached hydrogen (secondary N) is 1. The molecule has 7 nitrogen and oxygen atoms in total. The van der Waals surface area contributed by atoms with E-state index >= 15 is 0 Å². The van der Waals surface area contributed by atoms with Crippen LogP contribution in [0.4, 0.5) is 19.3 Å². The number of halogens is 2. The lowest BCUT2D eigenvalue weighted by atomic mass is 9.93. The van der Waals surface area contributed by atoms with Gasteiger partial charge in [-0.3, -0.25) is 0 Å². The van der Waals surface area contributed by atoms with Crippen molar-refractivity contribution in [2.45, 2.75) is 96.1 Å². The largest absolute Gasteiger partial charge is 0.335 e. The van der Waals surface area contributed by atoms with Crippen LogP contribution in [0.25, 0.3) is 11.0 Å². The summed E-state index contributed by atoms with van der Waals surface area (Å²) in [6.45, 7) is 10.3. The highest BCUT2D eigenvalue weighted by Gasteiger charge is 2.33. The highest BCUT2D eigenvalue weighted by Crippen LogP contribution is 2.37. The first-order chi connectivity index (χ1) is 18.5. The number of carbonyl (C=O) groups is 1. The van der Waals surface area contributed by atoms with Crippen LogP contribution in [0.2, 0.25) is 0 Å². The fourth-order valence-electron chi connectivity index (χ4n) is 5.86. The summed E-state index contributed by atoms with van der Waals surface area (Å²) in [7, 11) is 2.06. The summed E-state index contributed by atoms with van der Waals surface area (Å²) < 4.78 is 34.7. The van der Waals surface area contributed by atoms with E-state index < -0.39 is 5.92 Å². The minimum atomic E-state index is -2.52. The zero-order valence-corrected chi connectivity index (χ0v) is 24.7. The maximum Gasteiger partial charge on any atom is 0.317 e. The molecule has 1 aromatic heterocycles. The third-order valence-electron chi connectivity index (χ3n) is 8.48. The molecule has 0 radical (unpaired) electrons. The predicted molar refractivity (Wildman–Crippen MR) is 155 cm³/mol. The summed E-state index contributed by atoms with van der Waals surface area (Å²) in [6, 6.07) is 6.84. The Bertz CT molecular complexity index is 1150. The number of urea groups is 1. The van der Waals surface area contributed by atoms with Crippen LogP contribution in [0.5, 0.6) is 0 Å². The predicted octanol–water partition coefficient (Wildman–Crippen LogP) is 6.43. The summed E-state index contributed by atoms with van der Waals surface area (Å²) in [5.41, 5.74) is 2.93. The van der Waals surface area contributed by atoms with Gasteiger partial charge < -0.3 is 19.1 Å². The molecule has 216 valence electrons. The first-order valence-electron chi connectivity index (χ1n) is 14.6. The first-order valence-corrected chi connectivity index (χ1v) is 15.3. The van der Waals surface area contributed by atoms with Crippen LogP contribution in [0.15, 0.2) is 18.2 Å². The van der Waals surface area contributed by atoms with E-state index in [2.05, 4.69) is 64.5 Å². The molecule has 1 unspecified atom stereocenters. The van der Waals surface area contributed by atoms with Crippen LogP contribution in [-0.2, 0) is 12.0 Å². The number of rotatable bonds is 6. The lowest BCUT2D eigenvalue weighted by Crippen LogP contribution is -2.53. The third kappa shape index (κ3) is 6.81. The van der Waals surface area contributed by atoms with Crippen molar-refractivity contribution in [3.63, 3.8) is 0 Å². The number of aromatic nitrogens is 2. The molecule has 2 heterocycles. The standard InChI is InChI=1S/C29H44F2N6OS/c1-28(2,3)26-33-24-19-23(10-11-25(24)37(26)20-21-7-6-13-29(30,31)14-12-21)34(4)39-36-17-15-35(16-18-36)27(38)32-22-8-5-9-22/h10-11,19,21-22H,5-9,12-18,20H2,1-4H3,(H,32,38). The quantitative estimate of drug-likeness (QED) is 0.325. The number of hydrogen-bond acceptors (Lipinski definition) is 5. The molecule has 39 heavy (non-hydrogen) atoms. The van der Waals surface area contributed by atoms with Crippen molar-refractivity contribution >= 4 is 34.9 Å². The molecule has 1 aliphatic heterocycles. The number of amides is 2. The molecule has 3 aliphatic rings. The van der Waals surface area contributed by atoms with Crippen LogP contribution in [-0.4, -0.2) is 70.0 Å². The van der Waals surface area contributed by atoms with E-state index in [4.69, 9.17) is 4.98 Å². The topological polar surface area (TPSA) is 56.6 Å². The van der Waals surface area contributed by atoms with E-state index in [-0.39, 0.29) is 30.2 Å². The Hall–Kier alpha value is -2.07. The number of alkyl halides is 2. The molecule has 10 heteroatoms. The van der Waals surface area contributed by atoms with Gasteiger partial charge in [0, 0.05) is 76.2 Å². The van der Waals surface area contributed by atoms with Gasteiger partial charge in [-0.25, -0.2) is 22.9 Å². The number of imidazole rings is 1. The summed E-state index contributed by atoms with van der Waals surface area (Å²) >= 11 is 1.68. The van der Waals surface area contributed by atoms with E-state index in [9.17, 15) is 13.6 Å². The van der Waals surface area contributed by atoms with Gasteiger partial charge >= 0.3 is 6.03 Å². The number of carbonyl (C=O) groups excluding carboxylic acids is 1. The average Bonchev–Trinajstić information content (AvgIpc) is 3.13. The molecule has 0 spiro atoms. The molecule has 2 aliphatic carbocycles. The number of nitrogens with zero attached hydrogens (tertiary/aromatic N) is 5. The maximum absolute atomic E-state index is 14.0.